The van der Waals surface area contributed by atoms with Crippen LogP contribution in [0.15, 0.2) is 28.7 Å². The number of oxazole rings is 1. The van der Waals surface area contributed by atoms with E-state index in [0.29, 0.717) is 23.4 Å². The smallest absolute Gasteiger partial charge is 0.220 e. The van der Waals surface area contributed by atoms with Crippen LogP contribution < -0.4 is 0 Å². The topological polar surface area (TPSA) is 46.3 Å². The van der Waals surface area contributed by atoms with E-state index in [-0.39, 0.29) is 18.3 Å². The van der Waals surface area contributed by atoms with Gasteiger partial charge < -0.3 is 9.52 Å². The Bertz CT molecular complexity index is 494. The minimum Gasteiger partial charge on any atom is -0.443 e. The molecule has 84 valence electrons. The number of aryl methyl sites for hydroxylation is 1. The number of hydrogen-bond acceptors (Lipinski definition) is 3. The molecule has 3 nitrogen and oxygen atoms in total. The van der Waals surface area contributed by atoms with Gasteiger partial charge in [0.05, 0.1) is 0 Å². The molecule has 0 saturated heterocycles. The standard InChI is InChI=1S/C12H12FNO2/c1-2-10-12(14-11(7-15)16-10)8-5-3-4-6-9(8)13/h3-6,15H,2,7H2,1H3. The molecule has 0 aliphatic heterocycles. The van der Waals surface area contributed by atoms with Gasteiger partial charge in [-0.2, -0.15) is 0 Å². The van der Waals surface area contributed by atoms with Crippen molar-refractivity contribution < 1.29 is 13.9 Å². The molecule has 1 aromatic heterocycles. The van der Waals surface area contributed by atoms with Gasteiger partial charge in [-0.05, 0) is 12.1 Å². The van der Waals surface area contributed by atoms with Crippen molar-refractivity contribution in [3.63, 3.8) is 0 Å². The van der Waals surface area contributed by atoms with Crippen molar-refractivity contribution in [2.45, 2.75) is 20.0 Å². The summed E-state index contributed by atoms with van der Waals surface area (Å²) >= 11 is 0. The Kier molecular flexibility index (Phi) is 3.01. The second-order valence-corrected chi connectivity index (χ2v) is 3.37. The molecule has 2 aromatic rings. The molecule has 0 bridgehead atoms. The molecule has 0 unspecified atom stereocenters. The first kappa shape index (κ1) is 10.8. The molecule has 0 saturated carbocycles. The van der Waals surface area contributed by atoms with Gasteiger partial charge in [0.2, 0.25) is 5.89 Å². The number of aliphatic hydroxyl groups excluding tert-OH is 1. The summed E-state index contributed by atoms with van der Waals surface area (Å²) in [6.07, 6.45) is 0.608. The lowest BCUT2D eigenvalue weighted by Gasteiger charge is -1.99. The van der Waals surface area contributed by atoms with Crippen molar-refractivity contribution in [2.24, 2.45) is 0 Å². The zero-order valence-electron chi connectivity index (χ0n) is 8.90. The summed E-state index contributed by atoms with van der Waals surface area (Å²) < 4.78 is 18.9. The monoisotopic (exact) mass is 221 g/mol. The molecule has 0 aliphatic carbocycles. The fraction of sp³-hybridized carbons (Fsp3) is 0.250. The third-order valence-electron chi connectivity index (χ3n) is 2.33. The largest absolute Gasteiger partial charge is 0.443 e. The molecule has 0 aliphatic rings. The van der Waals surface area contributed by atoms with Crippen LogP contribution in [0.5, 0.6) is 0 Å². The Labute approximate surface area is 92.6 Å². The number of aromatic nitrogens is 1. The lowest BCUT2D eigenvalue weighted by Crippen LogP contribution is -1.88. The van der Waals surface area contributed by atoms with Crippen LogP contribution in [0.2, 0.25) is 0 Å². The van der Waals surface area contributed by atoms with Crippen LogP contribution in [-0.2, 0) is 13.0 Å². The Balaban J connectivity index is 2.54. The van der Waals surface area contributed by atoms with Gasteiger partial charge in [0, 0.05) is 12.0 Å². The quantitative estimate of drug-likeness (QED) is 0.866. The molecular weight excluding hydrogens is 209 g/mol. The van der Waals surface area contributed by atoms with Crippen molar-refractivity contribution in [1.29, 1.82) is 0 Å². The predicted molar refractivity (Wildman–Crippen MR) is 57.2 cm³/mol. The van der Waals surface area contributed by atoms with Gasteiger partial charge in [0.1, 0.15) is 23.9 Å². The lowest BCUT2D eigenvalue weighted by atomic mass is 10.1. The van der Waals surface area contributed by atoms with E-state index in [2.05, 4.69) is 4.98 Å². The van der Waals surface area contributed by atoms with Gasteiger partial charge in [-0.1, -0.05) is 19.1 Å². The highest BCUT2D eigenvalue weighted by Crippen LogP contribution is 2.26. The number of aliphatic hydroxyl groups is 1. The van der Waals surface area contributed by atoms with Crippen molar-refractivity contribution in [3.8, 4) is 11.3 Å². The molecule has 0 atom stereocenters. The molecule has 16 heavy (non-hydrogen) atoms. The molecular formula is C12H12FNO2. The van der Waals surface area contributed by atoms with Crippen LogP contribution in [0.3, 0.4) is 0 Å². The molecule has 0 radical (unpaired) electrons. The van der Waals surface area contributed by atoms with E-state index in [9.17, 15) is 4.39 Å². The molecule has 1 aromatic carbocycles. The minimum absolute atomic E-state index is 0.218. The maximum atomic E-state index is 13.6. The van der Waals surface area contributed by atoms with Crippen LogP contribution in [0.25, 0.3) is 11.3 Å². The number of hydrogen-bond donors (Lipinski definition) is 1. The van der Waals surface area contributed by atoms with Gasteiger partial charge in [-0.15, -0.1) is 0 Å². The normalized spacial score (nSPS) is 10.7. The molecule has 0 spiro atoms. The fourth-order valence-corrected chi connectivity index (χ4v) is 1.57. The van der Waals surface area contributed by atoms with Gasteiger partial charge >= 0.3 is 0 Å². The van der Waals surface area contributed by atoms with Crippen LogP contribution in [-0.4, -0.2) is 10.1 Å². The Hall–Kier alpha value is -1.68. The van der Waals surface area contributed by atoms with Gasteiger partial charge in [0.15, 0.2) is 0 Å². The number of nitrogens with zero attached hydrogens (tertiary/aromatic N) is 1. The van der Waals surface area contributed by atoms with Crippen LogP contribution in [0.1, 0.15) is 18.6 Å². The number of halogens is 1. The van der Waals surface area contributed by atoms with E-state index in [1.807, 2.05) is 6.92 Å². The maximum absolute atomic E-state index is 13.6. The second-order valence-electron chi connectivity index (χ2n) is 3.37. The second kappa shape index (κ2) is 4.45. The van der Waals surface area contributed by atoms with Gasteiger partial charge in [-0.3, -0.25) is 0 Å². The Morgan fingerprint density at radius 1 is 1.38 bits per heavy atom. The zero-order valence-corrected chi connectivity index (χ0v) is 8.90. The summed E-state index contributed by atoms with van der Waals surface area (Å²) in [6, 6.07) is 6.39. The maximum Gasteiger partial charge on any atom is 0.220 e. The van der Waals surface area contributed by atoms with Crippen molar-refractivity contribution >= 4 is 0 Å². The van der Waals surface area contributed by atoms with E-state index < -0.39 is 0 Å². The molecule has 0 amide bonds. The van der Waals surface area contributed by atoms with Crippen molar-refractivity contribution in [3.05, 3.63) is 41.7 Å². The number of rotatable bonds is 3. The van der Waals surface area contributed by atoms with E-state index >= 15 is 0 Å². The predicted octanol–water partition coefficient (Wildman–Crippen LogP) is 2.54. The summed E-state index contributed by atoms with van der Waals surface area (Å²) in [7, 11) is 0. The summed E-state index contributed by atoms with van der Waals surface area (Å²) in [5, 5.41) is 8.94. The SMILES string of the molecule is CCc1oc(CO)nc1-c1ccccc1F. The molecule has 1 N–H and O–H groups in total. The van der Waals surface area contributed by atoms with Crippen LogP contribution >= 0.6 is 0 Å². The summed E-state index contributed by atoms with van der Waals surface area (Å²) in [6.45, 7) is 1.62. The Morgan fingerprint density at radius 3 is 2.75 bits per heavy atom. The number of benzene rings is 1. The molecule has 0 fully saturated rings. The van der Waals surface area contributed by atoms with Crippen LogP contribution in [0, 0.1) is 5.82 Å². The van der Waals surface area contributed by atoms with Crippen molar-refractivity contribution in [2.75, 3.05) is 0 Å². The third kappa shape index (κ3) is 1.84. The first-order valence-electron chi connectivity index (χ1n) is 5.10. The Morgan fingerprint density at radius 2 is 2.12 bits per heavy atom. The van der Waals surface area contributed by atoms with E-state index in [1.54, 1.807) is 18.2 Å². The first-order chi connectivity index (χ1) is 7.76. The van der Waals surface area contributed by atoms with Gasteiger partial charge in [-0.25, -0.2) is 9.37 Å². The van der Waals surface area contributed by atoms with E-state index in [1.165, 1.54) is 6.07 Å². The van der Waals surface area contributed by atoms with Gasteiger partial charge in [0.25, 0.3) is 0 Å². The van der Waals surface area contributed by atoms with Crippen LogP contribution in [0.4, 0.5) is 4.39 Å². The molecule has 4 heteroatoms. The van der Waals surface area contributed by atoms with Crippen molar-refractivity contribution in [1.82, 2.24) is 4.98 Å². The average molecular weight is 221 g/mol. The lowest BCUT2D eigenvalue weighted by molar-refractivity contribution is 0.237. The summed E-state index contributed by atoms with van der Waals surface area (Å²) in [4.78, 5) is 4.07. The molecule has 2 rings (SSSR count). The average Bonchev–Trinajstić information content (AvgIpc) is 2.72. The summed E-state index contributed by atoms with van der Waals surface area (Å²) in [5.41, 5.74) is 0.882. The third-order valence-corrected chi connectivity index (χ3v) is 2.33. The minimum atomic E-state index is -0.338. The van der Waals surface area contributed by atoms with E-state index in [0.717, 1.165) is 0 Å². The fourth-order valence-electron chi connectivity index (χ4n) is 1.57. The molecule has 1 heterocycles. The highest BCUT2D eigenvalue weighted by molar-refractivity contribution is 5.61. The highest BCUT2D eigenvalue weighted by atomic mass is 19.1. The summed E-state index contributed by atoms with van der Waals surface area (Å²) in [5.74, 6) is 0.472. The highest BCUT2D eigenvalue weighted by Gasteiger charge is 2.15. The zero-order chi connectivity index (χ0) is 11.5. The van der Waals surface area contributed by atoms with E-state index in [4.69, 9.17) is 9.52 Å². The first-order valence-corrected chi connectivity index (χ1v) is 5.10.